The molecule has 6 nitrogen and oxygen atoms in total. The number of amides is 1. The highest BCUT2D eigenvalue weighted by atomic mass is 19.1. The third kappa shape index (κ3) is 4.03. The number of nitrogens with one attached hydrogen (secondary N) is 1. The van der Waals surface area contributed by atoms with Crippen LogP contribution in [0.2, 0.25) is 0 Å². The summed E-state index contributed by atoms with van der Waals surface area (Å²) in [6.07, 6.45) is 5.05. The van der Waals surface area contributed by atoms with Gasteiger partial charge in [0.2, 0.25) is 0 Å². The van der Waals surface area contributed by atoms with Gasteiger partial charge in [-0.15, -0.1) is 0 Å². The molecule has 0 aliphatic carbocycles. The second-order valence-corrected chi connectivity index (χ2v) is 5.91. The van der Waals surface area contributed by atoms with Gasteiger partial charge < -0.3 is 10.1 Å². The molecule has 1 unspecified atom stereocenters. The number of hydrogen-bond acceptors (Lipinski definition) is 4. The quantitative estimate of drug-likeness (QED) is 0.946. The van der Waals surface area contributed by atoms with Gasteiger partial charge in [0, 0.05) is 18.0 Å². The first-order valence-electron chi connectivity index (χ1n) is 6.90. The topological polar surface area (TPSA) is 69.0 Å². The molecule has 0 fully saturated rings. The van der Waals surface area contributed by atoms with Crippen LogP contribution in [-0.2, 0) is 4.74 Å². The average molecular weight is 306 g/mol. The van der Waals surface area contributed by atoms with Gasteiger partial charge in [-0.1, -0.05) is 0 Å². The van der Waals surface area contributed by atoms with Crippen molar-refractivity contribution in [1.82, 2.24) is 20.1 Å². The number of aromatic nitrogens is 3. The van der Waals surface area contributed by atoms with Gasteiger partial charge in [-0.25, -0.2) is 13.9 Å². The number of pyridine rings is 1. The molecule has 7 heteroatoms. The van der Waals surface area contributed by atoms with E-state index >= 15 is 0 Å². The van der Waals surface area contributed by atoms with E-state index in [2.05, 4.69) is 15.4 Å². The van der Waals surface area contributed by atoms with Crippen molar-refractivity contribution < 1.29 is 13.9 Å². The van der Waals surface area contributed by atoms with E-state index in [0.717, 1.165) is 6.20 Å². The van der Waals surface area contributed by atoms with Crippen molar-refractivity contribution in [1.29, 1.82) is 0 Å². The summed E-state index contributed by atoms with van der Waals surface area (Å²) in [5, 5.41) is 6.67. The van der Waals surface area contributed by atoms with Gasteiger partial charge in [0.25, 0.3) is 0 Å². The van der Waals surface area contributed by atoms with Gasteiger partial charge in [0.1, 0.15) is 5.60 Å². The molecular weight excluding hydrogens is 287 g/mol. The van der Waals surface area contributed by atoms with Gasteiger partial charge >= 0.3 is 6.09 Å². The number of carbonyl (C=O) groups is 1. The van der Waals surface area contributed by atoms with E-state index in [-0.39, 0.29) is 6.04 Å². The molecule has 1 amide bonds. The second-order valence-electron chi connectivity index (χ2n) is 5.91. The molecule has 0 aliphatic heterocycles. The minimum absolute atomic E-state index is 0.370. The smallest absolute Gasteiger partial charge is 0.408 e. The largest absolute Gasteiger partial charge is 0.444 e. The summed E-state index contributed by atoms with van der Waals surface area (Å²) in [4.78, 5) is 15.9. The summed E-state index contributed by atoms with van der Waals surface area (Å²) in [7, 11) is 0. The summed E-state index contributed by atoms with van der Waals surface area (Å²) < 4.78 is 19.8. The van der Waals surface area contributed by atoms with Gasteiger partial charge in [-0.05, 0) is 33.8 Å². The lowest BCUT2D eigenvalue weighted by molar-refractivity contribution is 0.0508. The molecular formula is C15H19FN4O2. The Balaban J connectivity index is 2.20. The Hall–Kier alpha value is -2.44. The summed E-state index contributed by atoms with van der Waals surface area (Å²) in [6.45, 7) is 7.17. The van der Waals surface area contributed by atoms with Crippen molar-refractivity contribution in [2.75, 3.05) is 0 Å². The fraction of sp³-hybridized carbons (Fsp3) is 0.400. The third-order valence-corrected chi connectivity index (χ3v) is 2.83. The number of halogens is 1. The van der Waals surface area contributed by atoms with Crippen molar-refractivity contribution in [3.63, 3.8) is 0 Å². The molecule has 0 spiro atoms. The zero-order chi connectivity index (χ0) is 16.3. The summed E-state index contributed by atoms with van der Waals surface area (Å²) in [5.41, 5.74) is 0.770. The molecule has 22 heavy (non-hydrogen) atoms. The number of rotatable bonds is 3. The molecule has 2 aromatic rings. The highest BCUT2D eigenvalue weighted by Crippen LogP contribution is 2.21. The van der Waals surface area contributed by atoms with Crippen LogP contribution in [0.3, 0.4) is 0 Å². The molecule has 0 bridgehead atoms. The standard InChI is InChI=1S/C15H19FN4O2/c1-10(19-14(21)22-15(2,3)4)12-8-17-6-5-13(12)20-9-11(16)7-18-20/h5-10H,1-4H3,(H,19,21). The minimum atomic E-state index is -0.577. The van der Waals surface area contributed by atoms with E-state index in [1.54, 1.807) is 46.2 Å². The molecule has 2 heterocycles. The predicted molar refractivity (Wildman–Crippen MR) is 79.1 cm³/mol. The maximum Gasteiger partial charge on any atom is 0.408 e. The Morgan fingerprint density at radius 1 is 1.41 bits per heavy atom. The lowest BCUT2D eigenvalue weighted by atomic mass is 10.1. The maximum absolute atomic E-state index is 13.2. The molecule has 118 valence electrons. The van der Waals surface area contributed by atoms with Gasteiger partial charge in [-0.3, -0.25) is 4.98 Å². The first kappa shape index (κ1) is 15.9. The Morgan fingerprint density at radius 2 is 2.14 bits per heavy atom. The normalized spacial score (nSPS) is 12.8. The summed E-state index contributed by atoms with van der Waals surface area (Å²) >= 11 is 0. The Labute approximate surface area is 128 Å². The zero-order valence-electron chi connectivity index (χ0n) is 13.0. The Morgan fingerprint density at radius 3 is 2.73 bits per heavy atom. The second kappa shape index (κ2) is 6.13. The molecule has 0 aromatic carbocycles. The number of nitrogens with zero attached hydrogens (tertiary/aromatic N) is 3. The maximum atomic E-state index is 13.2. The van der Waals surface area contributed by atoms with E-state index in [9.17, 15) is 9.18 Å². The molecule has 0 saturated heterocycles. The molecule has 1 N–H and O–H groups in total. The Bertz CT molecular complexity index is 664. The van der Waals surface area contributed by atoms with Gasteiger partial charge in [-0.2, -0.15) is 5.10 Å². The van der Waals surface area contributed by atoms with E-state index in [1.807, 2.05) is 0 Å². The van der Waals surface area contributed by atoms with Crippen molar-refractivity contribution in [2.24, 2.45) is 0 Å². The van der Waals surface area contributed by atoms with Gasteiger partial charge in [0.15, 0.2) is 5.82 Å². The van der Waals surface area contributed by atoms with Crippen molar-refractivity contribution in [3.8, 4) is 5.69 Å². The molecule has 2 rings (SSSR count). The van der Waals surface area contributed by atoms with Crippen LogP contribution in [0.1, 0.15) is 39.3 Å². The predicted octanol–water partition coefficient (Wildman–Crippen LogP) is 2.99. The number of alkyl carbamates (subject to hydrolysis) is 1. The number of hydrogen-bond donors (Lipinski definition) is 1. The highest BCUT2D eigenvalue weighted by Gasteiger charge is 2.20. The van der Waals surface area contributed by atoms with Crippen LogP contribution in [0.25, 0.3) is 5.69 Å². The molecule has 2 aromatic heterocycles. The molecule has 0 aliphatic rings. The third-order valence-electron chi connectivity index (χ3n) is 2.83. The van der Waals surface area contributed by atoms with Crippen LogP contribution in [0.5, 0.6) is 0 Å². The van der Waals surface area contributed by atoms with Crippen LogP contribution in [0.15, 0.2) is 30.9 Å². The Kier molecular flexibility index (Phi) is 4.44. The fourth-order valence-electron chi connectivity index (χ4n) is 1.94. The zero-order valence-corrected chi connectivity index (χ0v) is 13.0. The molecule has 1 atom stereocenters. The van der Waals surface area contributed by atoms with E-state index < -0.39 is 17.5 Å². The van der Waals surface area contributed by atoms with Crippen LogP contribution >= 0.6 is 0 Å². The van der Waals surface area contributed by atoms with Crippen molar-refractivity contribution >= 4 is 6.09 Å². The van der Waals surface area contributed by atoms with Crippen molar-refractivity contribution in [2.45, 2.75) is 39.3 Å². The monoisotopic (exact) mass is 306 g/mol. The summed E-state index contributed by atoms with van der Waals surface area (Å²) in [6, 6.07) is 1.33. The minimum Gasteiger partial charge on any atom is -0.444 e. The van der Waals surface area contributed by atoms with Crippen LogP contribution < -0.4 is 5.32 Å². The summed E-state index contributed by atoms with van der Waals surface area (Å²) in [5.74, 6) is -0.435. The fourth-order valence-corrected chi connectivity index (χ4v) is 1.94. The van der Waals surface area contributed by atoms with Crippen LogP contribution in [-0.4, -0.2) is 26.5 Å². The van der Waals surface area contributed by atoms with Crippen LogP contribution in [0, 0.1) is 5.82 Å². The van der Waals surface area contributed by atoms with E-state index in [1.165, 1.54) is 10.9 Å². The lowest BCUT2D eigenvalue weighted by Gasteiger charge is -2.22. The number of ether oxygens (including phenoxy) is 1. The van der Waals surface area contributed by atoms with Crippen molar-refractivity contribution in [3.05, 3.63) is 42.2 Å². The van der Waals surface area contributed by atoms with E-state index in [4.69, 9.17) is 4.74 Å². The average Bonchev–Trinajstić information content (AvgIpc) is 2.83. The first-order valence-corrected chi connectivity index (χ1v) is 6.90. The molecule has 0 saturated carbocycles. The van der Waals surface area contributed by atoms with E-state index in [0.29, 0.717) is 11.3 Å². The van der Waals surface area contributed by atoms with Crippen LogP contribution in [0.4, 0.5) is 9.18 Å². The van der Waals surface area contributed by atoms with Gasteiger partial charge in [0.05, 0.1) is 24.1 Å². The lowest BCUT2D eigenvalue weighted by Crippen LogP contribution is -2.34. The SMILES string of the molecule is CC(NC(=O)OC(C)(C)C)c1cnccc1-n1cc(F)cn1. The number of carbonyl (C=O) groups excluding carboxylic acids is 1. The highest BCUT2D eigenvalue weighted by molar-refractivity contribution is 5.68. The molecule has 0 radical (unpaired) electrons. The first-order chi connectivity index (χ1) is 10.3.